The van der Waals surface area contributed by atoms with Crippen molar-refractivity contribution >= 4 is 15.9 Å². The third-order valence-corrected chi connectivity index (χ3v) is 4.34. The first-order valence-corrected chi connectivity index (χ1v) is 8.44. The Morgan fingerprint density at radius 2 is 2.14 bits per heavy atom. The van der Waals surface area contributed by atoms with Crippen molar-refractivity contribution in [2.24, 2.45) is 0 Å². The average Bonchev–Trinajstić information content (AvgIpc) is 2.94. The van der Waals surface area contributed by atoms with Gasteiger partial charge in [-0.3, -0.25) is 4.68 Å². The SMILES string of the molecule is CCCNC(Cc1cnn(CC)c1)c1cc(C)ccc1Br. The predicted octanol–water partition coefficient (Wildman–Crippen LogP) is 4.26. The van der Waals surface area contributed by atoms with Gasteiger partial charge in [-0.1, -0.05) is 40.5 Å². The molecule has 1 N–H and O–H groups in total. The van der Waals surface area contributed by atoms with Crippen LogP contribution in [0, 0.1) is 6.92 Å². The fraction of sp³-hybridized carbons (Fsp3) is 0.471. The zero-order valence-electron chi connectivity index (χ0n) is 13.1. The fourth-order valence-electron chi connectivity index (χ4n) is 2.46. The van der Waals surface area contributed by atoms with Crippen LogP contribution in [0.2, 0.25) is 0 Å². The van der Waals surface area contributed by atoms with Crippen molar-refractivity contribution in [3.63, 3.8) is 0 Å². The van der Waals surface area contributed by atoms with Gasteiger partial charge in [0, 0.05) is 23.3 Å². The summed E-state index contributed by atoms with van der Waals surface area (Å²) >= 11 is 3.69. The van der Waals surface area contributed by atoms with E-state index in [1.54, 1.807) is 0 Å². The topological polar surface area (TPSA) is 29.9 Å². The van der Waals surface area contributed by atoms with Crippen LogP contribution in [0.15, 0.2) is 35.1 Å². The van der Waals surface area contributed by atoms with Crippen LogP contribution in [-0.4, -0.2) is 16.3 Å². The van der Waals surface area contributed by atoms with E-state index in [1.165, 1.54) is 21.2 Å². The number of aryl methyl sites for hydroxylation is 2. The number of aromatic nitrogens is 2. The minimum Gasteiger partial charge on any atom is -0.310 e. The van der Waals surface area contributed by atoms with Gasteiger partial charge in [0.05, 0.1) is 6.20 Å². The van der Waals surface area contributed by atoms with Crippen LogP contribution >= 0.6 is 15.9 Å². The van der Waals surface area contributed by atoms with Gasteiger partial charge in [0.2, 0.25) is 0 Å². The minimum atomic E-state index is 0.314. The monoisotopic (exact) mass is 349 g/mol. The molecule has 0 saturated heterocycles. The summed E-state index contributed by atoms with van der Waals surface area (Å²) in [7, 11) is 0. The summed E-state index contributed by atoms with van der Waals surface area (Å²) in [6.45, 7) is 8.39. The molecule has 0 aliphatic heterocycles. The zero-order chi connectivity index (χ0) is 15.2. The van der Waals surface area contributed by atoms with Gasteiger partial charge in [0.1, 0.15) is 0 Å². The van der Waals surface area contributed by atoms with Crippen molar-refractivity contribution in [3.05, 3.63) is 51.8 Å². The molecule has 114 valence electrons. The number of benzene rings is 1. The molecular formula is C17H24BrN3. The predicted molar refractivity (Wildman–Crippen MR) is 91.5 cm³/mol. The molecule has 2 rings (SSSR count). The lowest BCUT2D eigenvalue weighted by Gasteiger charge is -2.20. The zero-order valence-corrected chi connectivity index (χ0v) is 14.7. The Hall–Kier alpha value is -1.13. The highest BCUT2D eigenvalue weighted by molar-refractivity contribution is 9.10. The second-order valence-corrected chi connectivity index (χ2v) is 6.29. The van der Waals surface area contributed by atoms with Crippen LogP contribution in [0.4, 0.5) is 0 Å². The molecule has 0 saturated carbocycles. The molecule has 2 aromatic rings. The quantitative estimate of drug-likeness (QED) is 0.809. The van der Waals surface area contributed by atoms with Crippen LogP contribution in [0.5, 0.6) is 0 Å². The summed E-state index contributed by atoms with van der Waals surface area (Å²) in [4.78, 5) is 0. The van der Waals surface area contributed by atoms with Crippen molar-refractivity contribution in [1.29, 1.82) is 0 Å². The van der Waals surface area contributed by atoms with E-state index in [0.29, 0.717) is 6.04 Å². The average molecular weight is 350 g/mol. The Bertz CT molecular complexity index is 577. The smallest absolute Gasteiger partial charge is 0.0522 e. The van der Waals surface area contributed by atoms with E-state index in [9.17, 15) is 0 Å². The lowest BCUT2D eigenvalue weighted by Crippen LogP contribution is -2.24. The molecule has 0 aliphatic carbocycles. The molecule has 4 heteroatoms. The fourth-order valence-corrected chi connectivity index (χ4v) is 2.98. The van der Waals surface area contributed by atoms with Crippen LogP contribution in [0.1, 0.15) is 43.0 Å². The molecule has 1 atom stereocenters. The van der Waals surface area contributed by atoms with Crippen LogP contribution in [0.25, 0.3) is 0 Å². The molecule has 21 heavy (non-hydrogen) atoms. The Balaban J connectivity index is 2.22. The summed E-state index contributed by atoms with van der Waals surface area (Å²) in [5.41, 5.74) is 3.90. The first-order valence-electron chi connectivity index (χ1n) is 7.64. The Morgan fingerprint density at radius 3 is 2.81 bits per heavy atom. The van der Waals surface area contributed by atoms with E-state index in [0.717, 1.165) is 25.9 Å². The molecule has 1 aromatic carbocycles. The largest absolute Gasteiger partial charge is 0.310 e. The summed E-state index contributed by atoms with van der Waals surface area (Å²) in [5, 5.41) is 8.04. The summed E-state index contributed by atoms with van der Waals surface area (Å²) in [6.07, 6.45) is 6.22. The van der Waals surface area contributed by atoms with Crippen molar-refractivity contribution in [1.82, 2.24) is 15.1 Å². The molecule has 0 spiro atoms. The minimum absolute atomic E-state index is 0.314. The highest BCUT2D eigenvalue weighted by Crippen LogP contribution is 2.27. The molecule has 1 heterocycles. The Kier molecular flexibility index (Phi) is 6.00. The summed E-state index contributed by atoms with van der Waals surface area (Å²) in [6, 6.07) is 6.86. The Labute approximate surface area is 135 Å². The maximum atomic E-state index is 4.38. The van der Waals surface area contributed by atoms with Gasteiger partial charge < -0.3 is 5.32 Å². The standard InChI is InChI=1S/C17H24BrN3/c1-4-8-19-17(10-14-11-20-21(5-2)12-14)15-9-13(3)6-7-16(15)18/h6-7,9,11-12,17,19H,4-5,8,10H2,1-3H3. The van der Waals surface area contributed by atoms with Gasteiger partial charge >= 0.3 is 0 Å². The highest BCUT2D eigenvalue weighted by Gasteiger charge is 2.15. The van der Waals surface area contributed by atoms with Gasteiger partial charge in [-0.25, -0.2) is 0 Å². The number of nitrogens with one attached hydrogen (secondary N) is 1. The van der Waals surface area contributed by atoms with E-state index < -0.39 is 0 Å². The van der Waals surface area contributed by atoms with E-state index in [4.69, 9.17) is 0 Å². The van der Waals surface area contributed by atoms with Gasteiger partial charge in [-0.05, 0) is 50.4 Å². The molecule has 0 amide bonds. The van der Waals surface area contributed by atoms with E-state index in [1.807, 2.05) is 10.9 Å². The van der Waals surface area contributed by atoms with Gasteiger partial charge in [-0.15, -0.1) is 0 Å². The van der Waals surface area contributed by atoms with Gasteiger partial charge in [0.15, 0.2) is 0 Å². The van der Waals surface area contributed by atoms with Crippen LogP contribution in [-0.2, 0) is 13.0 Å². The van der Waals surface area contributed by atoms with E-state index in [2.05, 4.69) is 71.5 Å². The van der Waals surface area contributed by atoms with Crippen molar-refractivity contribution in [2.75, 3.05) is 6.54 Å². The normalized spacial score (nSPS) is 12.6. The number of rotatable bonds is 7. The maximum Gasteiger partial charge on any atom is 0.0522 e. The molecule has 0 bridgehead atoms. The van der Waals surface area contributed by atoms with E-state index >= 15 is 0 Å². The molecule has 3 nitrogen and oxygen atoms in total. The second-order valence-electron chi connectivity index (χ2n) is 5.44. The van der Waals surface area contributed by atoms with Crippen molar-refractivity contribution < 1.29 is 0 Å². The third-order valence-electron chi connectivity index (χ3n) is 3.62. The van der Waals surface area contributed by atoms with Crippen LogP contribution in [0.3, 0.4) is 0 Å². The molecular weight excluding hydrogens is 326 g/mol. The maximum absolute atomic E-state index is 4.38. The lowest BCUT2D eigenvalue weighted by atomic mass is 9.99. The Morgan fingerprint density at radius 1 is 1.33 bits per heavy atom. The molecule has 1 aromatic heterocycles. The highest BCUT2D eigenvalue weighted by atomic mass is 79.9. The van der Waals surface area contributed by atoms with Crippen molar-refractivity contribution in [3.8, 4) is 0 Å². The first-order chi connectivity index (χ1) is 10.1. The summed E-state index contributed by atoms with van der Waals surface area (Å²) < 4.78 is 3.15. The number of hydrogen-bond acceptors (Lipinski definition) is 2. The molecule has 0 fully saturated rings. The van der Waals surface area contributed by atoms with Gasteiger partial charge in [0.25, 0.3) is 0 Å². The summed E-state index contributed by atoms with van der Waals surface area (Å²) in [5.74, 6) is 0. The number of halogens is 1. The third kappa shape index (κ3) is 4.42. The first kappa shape index (κ1) is 16.2. The number of nitrogens with zero attached hydrogens (tertiary/aromatic N) is 2. The lowest BCUT2D eigenvalue weighted by molar-refractivity contribution is 0.527. The molecule has 0 aliphatic rings. The molecule has 1 unspecified atom stereocenters. The second kappa shape index (κ2) is 7.76. The van der Waals surface area contributed by atoms with E-state index in [-0.39, 0.29) is 0 Å². The van der Waals surface area contributed by atoms with Crippen LogP contribution < -0.4 is 5.32 Å². The number of hydrogen-bond donors (Lipinski definition) is 1. The van der Waals surface area contributed by atoms with Gasteiger partial charge in [-0.2, -0.15) is 5.10 Å². The molecule has 0 radical (unpaired) electrons. The van der Waals surface area contributed by atoms with Crippen molar-refractivity contribution in [2.45, 2.75) is 46.2 Å².